The summed E-state index contributed by atoms with van der Waals surface area (Å²) in [7, 11) is 0. The van der Waals surface area contributed by atoms with Crippen LogP contribution in [0.4, 0.5) is 0 Å². The molecule has 2 aromatic rings. The molecule has 2 fully saturated rings. The van der Waals surface area contributed by atoms with Gasteiger partial charge in [0.15, 0.2) is 0 Å². The Bertz CT molecular complexity index is 861. The molecule has 2 aliphatic heterocycles. The number of rotatable bonds is 5. The first kappa shape index (κ1) is 20.5. The number of aryl methyl sites for hydroxylation is 1. The summed E-state index contributed by atoms with van der Waals surface area (Å²) in [4.78, 5) is 33.8. The van der Waals surface area contributed by atoms with E-state index >= 15 is 0 Å². The quantitative estimate of drug-likeness (QED) is 0.809. The Kier molecular flexibility index (Phi) is 6.42. The number of carbonyl (C=O) groups excluding carboxylic acids is 2. The van der Waals surface area contributed by atoms with Gasteiger partial charge in [-0.3, -0.25) is 19.5 Å². The van der Waals surface area contributed by atoms with Crippen LogP contribution in [0.2, 0.25) is 0 Å². The summed E-state index contributed by atoms with van der Waals surface area (Å²) in [5.41, 5.74) is 1.59. The van der Waals surface area contributed by atoms with Crippen LogP contribution in [0.5, 0.6) is 0 Å². The first-order valence-electron chi connectivity index (χ1n) is 10.7. The van der Waals surface area contributed by atoms with Gasteiger partial charge in [-0.25, -0.2) is 0 Å². The van der Waals surface area contributed by atoms with Gasteiger partial charge in [0.25, 0.3) is 5.91 Å². The van der Waals surface area contributed by atoms with Gasteiger partial charge < -0.3 is 14.7 Å². The standard InChI is InChI=1S/C22H29N5O3/c1-16-13-20(30-25-16)22(29)26-11-7-19(8-12-26)27-10-4-5-17(15-27)21(28)24-14-18-6-2-3-9-23-18/h2-3,6,9,13,17,19H,4-5,7-8,10-12,14-15H2,1H3,(H,24,28)/t17-/m0/s1. The fourth-order valence-corrected chi connectivity index (χ4v) is 4.43. The van der Waals surface area contributed by atoms with Gasteiger partial charge in [0.2, 0.25) is 11.7 Å². The van der Waals surface area contributed by atoms with E-state index in [9.17, 15) is 9.59 Å². The van der Waals surface area contributed by atoms with E-state index in [4.69, 9.17) is 4.52 Å². The van der Waals surface area contributed by atoms with Crippen molar-refractivity contribution in [2.24, 2.45) is 5.92 Å². The lowest BCUT2D eigenvalue weighted by atomic mass is 9.93. The van der Waals surface area contributed by atoms with Crippen LogP contribution in [-0.4, -0.2) is 64.0 Å². The second kappa shape index (κ2) is 9.38. The number of pyridine rings is 1. The fourth-order valence-electron chi connectivity index (χ4n) is 4.43. The molecule has 8 heteroatoms. The molecule has 2 aromatic heterocycles. The van der Waals surface area contributed by atoms with Crippen molar-refractivity contribution >= 4 is 11.8 Å². The molecule has 0 radical (unpaired) electrons. The Hall–Kier alpha value is -2.74. The van der Waals surface area contributed by atoms with Crippen LogP contribution in [0.25, 0.3) is 0 Å². The van der Waals surface area contributed by atoms with E-state index in [1.165, 1.54) is 0 Å². The van der Waals surface area contributed by atoms with Crippen LogP contribution >= 0.6 is 0 Å². The molecule has 0 saturated carbocycles. The number of hydrogen-bond donors (Lipinski definition) is 1. The molecule has 160 valence electrons. The molecule has 4 heterocycles. The minimum Gasteiger partial charge on any atom is -0.351 e. The van der Waals surface area contributed by atoms with Crippen molar-refractivity contribution in [3.8, 4) is 0 Å². The van der Waals surface area contributed by atoms with E-state index in [-0.39, 0.29) is 17.7 Å². The van der Waals surface area contributed by atoms with Gasteiger partial charge in [0.05, 0.1) is 23.9 Å². The first-order valence-corrected chi connectivity index (χ1v) is 10.7. The second-order valence-corrected chi connectivity index (χ2v) is 8.23. The number of nitrogens with one attached hydrogen (secondary N) is 1. The molecule has 1 atom stereocenters. The normalized spacial score (nSPS) is 20.8. The third kappa shape index (κ3) is 4.87. The van der Waals surface area contributed by atoms with Gasteiger partial charge in [-0.2, -0.15) is 0 Å². The van der Waals surface area contributed by atoms with Gasteiger partial charge in [-0.1, -0.05) is 11.2 Å². The van der Waals surface area contributed by atoms with E-state index in [1.54, 1.807) is 12.3 Å². The van der Waals surface area contributed by atoms with Crippen molar-refractivity contribution in [1.82, 2.24) is 25.3 Å². The van der Waals surface area contributed by atoms with Crippen LogP contribution in [0, 0.1) is 12.8 Å². The van der Waals surface area contributed by atoms with Crippen LogP contribution in [-0.2, 0) is 11.3 Å². The molecule has 0 aliphatic carbocycles. The number of hydrogen-bond acceptors (Lipinski definition) is 6. The van der Waals surface area contributed by atoms with Gasteiger partial charge >= 0.3 is 0 Å². The van der Waals surface area contributed by atoms with Gasteiger partial charge in [0.1, 0.15) is 0 Å². The lowest BCUT2D eigenvalue weighted by molar-refractivity contribution is -0.127. The van der Waals surface area contributed by atoms with E-state index in [2.05, 4.69) is 20.4 Å². The summed E-state index contributed by atoms with van der Waals surface area (Å²) in [6.45, 7) is 5.49. The lowest BCUT2D eigenvalue weighted by Gasteiger charge is -2.41. The minimum absolute atomic E-state index is 0.0132. The number of aromatic nitrogens is 2. The largest absolute Gasteiger partial charge is 0.351 e. The highest BCUT2D eigenvalue weighted by molar-refractivity contribution is 5.91. The lowest BCUT2D eigenvalue weighted by Crippen LogP contribution is -2.51. The number of piperidine rings is 2. The maximum Gasteiger partial charge on any atom is 0.292 e. The number of carbonyl (C=O) groups is 2. The molecule has 30 heavy (non-hydrogen) atoms. The predicted octanol–water partition coefficient (Wildman–Crippen LogP) is 2.01. The average Bonchev–Trinajstić information content (AvgIpc) is 3.24. The molecular weight excluding hydrogens is 382 g/mol. The van der Waals surface area contributed by atoms with Crippen molar-refractivity contribution in [2.75, 3.05) is 26.2 Å². The van der Waals surface area contributed by atoms with Gasteiger partial charge in [0, 0.05) is 37.9 Å². The zero-order valence-corrected chi connectivity index (χ0v) is 17.4. The monoisotopic (exact) mass is 411 g/mol. The zero-order chi connectivity index (χ0) is 20.9. The fraction of sp³-hybridized carbons (Fsp3) is 0.545. The molecule has 2 aliphatic rings. The number of nitrogens with zero attached hydrogens (tertiary/aromatic N) is 4. The predicted molar refractivity (Wildman–Crippen MR) is 111 cm³/mol. The molecular formula is C22H29N5O3. The van der Waals surface area contributed by atoms with Crippen molar-refractivity contribution in [3.05, 3.63) is 47.6 Å². The first-order chi connectivity index (χ1) is 14.6. The second-order valence-electron chi connectivity index (χ2n) is 8.23. The van der Waals surface area contributed by atoms with E-state index in [0.717, 1.165) is 44.5 Å². The third-order valence-corrected chi connectivity index (χ3v) is 6.10. The Morgan fingerprint density at radius 2 is 2.03 bits per heavy atom. The Morgan fingerprint density at radius 1 is 1.20 bits per heavy atom. The third-order valence-electron chi connectivity index (χ3n) is 6.10. The smallest absolute Gasteiger partial charge is 0.292 e. The van der Waals surface area contributed by atoms with Gasteiger partial charge in [-0.15, -0.1) is 0 Å². The maximum absolute atomic E-state index is 12.7. The van der Waals surface area contributed by atoms with E-state index in [0.29, 0.717) is 37.1 Å². The van der Waals surface area contributed by atoms with Crippen LogP contribution in [0.1, 0.15) is 47.6 Å². The van der Waals surface area contributed by atoms with E-state index in [1.807, 2.05) is 30.0 Å². The SMILES string of the molecule is Cc1cc(C(=O)N2CCC(N3CCC[C@H](C(=O)NCc4ccccn4)C3)CC2)on1. The summed E-state index contributed by atoms with van der Waals surface area (Å²) < 4.78 is 5.12. The zero-order valence-electron chi connectivity index (χ0n) is 17.4. The summed E-state index contributed by atoms with van der Waals surface area (Å²) in [5, 5.41) is 6.84. The van der Waals surface area contributed by atoms with Crippen molar-refractivity contribution in [3.63, 3.8) is 0 Å². The Morgan fingerprint density at radius 3 is 2.73 bits per heavy atom. The molecule has 0 aromatic carbocycles. The van der Waals surface area contributed by atoms with Gasteiger partial charge in [-0.05, 0) is 51.3 Å². The van der Waals surface area contributed by atoms with Crippen molar-refractivity contribution in [1.29, 1.82) is 0 Å². The Balaban J connectivity index is 1.26. The topological polar surface area (TPSA) is 91.6 Å². The number of amides is 2. The molecule has 0 bridgehead atoms. The Labute approximate surface area is 176 Å². The molecule has 8 nitrogen and oxygen atoms in total. The van der Waals surface area contributed by atoms with Crippen molar-refractivity contribution < 1.29 is 14.1 Å². The highest BCUT2D eigenvalue weighted by atomic mass is 16.5. The number of likely N-dealkylation sites (tertiary alicyclic amines) is 2. The molecule has 2 amide bonds. The van der Waals surface area contributed by atoms with Crippen LogP contribution in [0.3, 0.4) is 0 Å². The maximum atomic E-state index is 12.7. The summed E-state index contributed by atoms with van der Waals surface area (Å²) in [6, 6.07) is 7.82. The summed E-state index contributed by atoms with van der Waals surface area (Å²) in [5.74, 6) is 0.353. The summed E-state index contributed by atoms with van der Waals surface area (Å²) in [6.07, 6.45) is 5.53. The van der Waals surface area contributed by atoms with Crippen LogP contribution in [0.15, 0.2) is 35.0 Å². The summed E-state index contributed by atoms with van der Waals surface area (Å²) >= 11 is 0. The molecule has 0 unspecified atom stereocenters. The molecule has 1 N–H and O–H groups in total. The van der Waals surface area contributed by atoms with Crippen molar-refractivity contribution in [2.45, 2.75) is 45.2 Å². The molecule has 2 saturated heterocycles. The van der Waals surface area contributed by atoms with Crippen LogP contribution < -0.4 is 5.32 Å². The average molecular weight is 412 g/mol. The highest BCUT2D eigenvalue weighted by Gasteiger charge is 2.33. The molecule has 0 spiro atoms. The minimum atomic E-state index is -0.0838. The molecule has 4 rings (SSSR count). The van der Waals surface area contributed by atoms with E-state index < -0.39 is 0 Å². The highest BCUT2D eigenvalue weighted by Crippen LogP contribution is 2.25.